The van der Waals surface area contributed by atoms with Crippen LogP contribution < -0.4 is 10.2 Å². The van der Waals surface area contributed by atoms with Crippen LogP contribution >= 0.6 is 23.4 Å². The van der Waals surface area contributed by atoms with Crippen LogP contribution in [0.4, 0.5) is 0 Å². The van der Waals surface area contributed by atoms with E-state index in [1.165, 1.54) is 44.3 Å². The summed E-state index contributed by atoms with van der Waals surface area (Å²) in [6.07, 6.45) is 7.07. The molecule has 1 aliphatic rings. The van der Waals surface area contributed by atoms with Crippen molar-refractivity contribution in [3.63, 3.8) is 0 Å². The van der Waals surface area contributed by atoms with E-state index in [0.717, 1.165) is 24.2 Å². The van der Waals surface area contributed by atoms with Gasteiger partial charge in [-0.05, 0) is 49.2 Å². The van der Waals surface area contributed by atoms with Crippen LogP contribution in [0.2, 0.25) is 5.02 Å². The van der Waals surface area contributed by atoms with E-state index < -0.39 is 0 Å². The number of hydrogen-bond acceptors (Lipinski definition) is 7. The third kappa shape index (κ3) is 5.71. The van der Waals surface area contributed by atoms with E-state index in [9.17, 15) is 9.90 Å². The zero-order chi connectivity index (χ0) is 23.9. The number of rotatable bonds is 8. The maximum Gasteiger partial charge on any atom is 0.250 e. The second kappa shape index (κ2) is 11.4. The van der Waals surface area contributed by atoms with E-state index in [1.807, 2.05) is 24.3 Å². The molecule has 0 atom stereocenters. The number of nitrogens with zero attached hydrogens (tertiary/aromatic N) is 4. The third-order valence-corrected chi connectivity index (χ3v) is 6.88. The Morgan fingerprint density at radius 3 is 2.74 bits per heavy atom. The summed E-state index contributed by atoms with van der Waals surface area (Å²) in [6.45, 7) is 0. The highest BCUT2D eigenvalue weighted by Gasteiger charge is 2.24. The molecule has 10 heteroatoms. The molecule has 0 aliphatic heterocycles. The lowest BCUT2D eigenvalue weighted by molar-refractivity contribution is -0.118. The van der Waals surface area contributed by atoms with E-state index in [1.54, 1.807) is 18.2 Å². The van der Waals surface area contributed by atoms with Gasteiger partial charge in [-0.25, -0.2) is 5.43 Å². The molecule has 34 heavy (non-hydrogen) atoms. The Bertz CT molecular complexity index is 1160. The topological polar surface area (TPSA) is 102 Å². The number of hydrogen-bond donors (Lipinski definition) is 2. The van der Waals surface area contributed by atoms with Crippen molar-refractivity contribution in [2.45, 2.75) is 43.3 Å². The van der Waals surface area contributed by atoms with Crippen LogP contribution in [0, 0.1) is 0 Å². The molecule has 1 heterocycles. The van der Waals surface area contributed by atoms with Gasteiger partial charge in [0.15, 0.2) is 22.5 Å². The number of benzene rings is 2. The normalized spacial score (nSPS) is 14.4. The molecule has 2 aromatic carbocycles. The van der Waals surface area contributed by atoms with E-state index in [0.29, 0.717) is 27.5 Å². The van der Waals surface area contributed by atoms with Crippen LogP contribution in [0.5, 0.6) is 11.5 Å². The van der Waals surface area contributed by atoms with Crippen molar-refractivity contribution >= 4 is 35.5 Å². The van der Waals surface area contributed by atoms with Gasteiger partial charge in [-0.1, -0.05) is 48.7 Å². The standard InChI is InChI=1S/C24H26ClN5O3S/c1-33-20-9-5-6-17(22(20)32)14-26-27-21(31)15-34-24-29-28-23(16-10-12-18(25)13-11-16)30(24)19-7-3-2-4-8-19/h5-6,9-14,19,32H,2-4,7-8,15H2,1H3,(H,27,31)/b26-14-. The van der Waals surface area contributed by atoms with Crippen LogP contribution in [-0.2, 0) is 4.79 Å². The zero-order valence-corrected chi connectivity index (χ0v) is 20.3. The number of methoxy groups -OCH3 is 1. The molecule has 8 nitrogen and oxygen atoms in total. The van der Waals surface area contributed by atoms with Gasteiger partial charge in [0.1, 0.15) is 0 Å². The summed E-state index contributed by atoms with van der Waals surface area (Å²) in [5, 5.41) is 24.3. The van der Waals surface area contributed by atoms with E-state index in [2.05, 4.69) is 25.3 Å². The highest BCUT2D eigenvalue weighted by Crippen LogP contribution is 2.35. The lowest BCUT2D eigenvalue weighted by Gasteiger charge is -2.25. The summed E-state index contributed by atoms with van der Waals surface area (Å²) in [5.74, 6) is 0.942. The van der Waals surface area contributed by atoms with E-state index in [4.69, 9.17) is 16.3 Å². The Kier molecular flexibility index (Phi) is 8.08. The summed E-state index contributed by atoms with van der Waals surface area (Å²) < 4.78 is 7.24. The number of hydrazone groups is 1. The molecule has 0 saturated heterocycles. The minimum Gasteiger partial charge on any atom is -0.504 e. The number of phenols is 1. The molecule has 2 N–H and O–H groups in total. The number of para-hydroxylation sites is 1. The van der Waals surface area contributed by atoms with Crippen molar-refractivity contribution in [2.24, 2.45) is 5.10 Å². The number of carbonyl (C=O) groups excluding carboxylic acids is 1. The number of halogens is 1. The average molecular weight is 500 g/mol. The van der Waals surface area contributed by atoms with Crippen molar-refractivity contribution < 1.29 is 14.6 Å². The third-order valence-electron chi connectivity index (χ3n) is 5.68. The quantitative estimate of drug-likeness (QED) is 0.255. The second-order valence-corrected chi connectivity index (χ2v) is 9.33. The predicted molar refractivity (Wildman–Crippen MR) is 134 cm³/mol. The number of thioether (sulfide) groups is 1. The number of carbonyl (C=O) groups is 1. The molecule has 1 aromatic heterocycles. The number of ether oxygens (including phenoxy) is 1. The molecular formula is C24H26ClN5O3S. The maximum absolute atomic E-state index is 12.4. The number of nitrogens with one attached hydrogen (secondary N) is 1. The molecule has 0 spiro atoms. The van der Waals surface area contributed by atoms with Crippen LogP contribution in [0.1, 0.15) is 43.7 Å². The minimum absolute atomic E-state index is 0.0345. The van der Waals surface area contributed by atoms with Crippen molar-refractivity contribution in [1.29, 1.82) is 0 Å². The minimum atomic E-state index is -0.283. The van der Waals surface area contributed by atoms with Gasteiger partial charge in [-0.3, -0.25) is 9.36 Å². The first-order valence-electron chi connectivity index (χ1n) is 11.1. The molecule has 4 rings (SSSR count). The second-order valence-electron chi connectivity index (χ2n) is 7.95. The lowest BCUT2D eigenvalue weighted by atomic mass is 9.95. The molecule has 0 bridgehead atoms. The smallest absolute Gasteiger partial charge is 0.250 e. The van der Waals surface area contributed by atoms with Gasteiger partial charge in [-0.15, -0.1) is 10.2 Å². The monoisotopic (exact) mass is 499 g/mol. The number of aromatic hydroxyl groups is 1. The SMILES string of the molecule is COc1cccc(/C=N\NC(=O)CSc2nnc(-c3ccc(Cl)cc3)n2C2CCCCC2)c1O. The fraction of sp³-hybridized carbons (Fsp3) is 0.333. The molecule has 178 valence electrons. The Balaban J connectivity index is 1.45. The van der Waals surface area contributed by atoms with Crippen molar-refractivity contribution in [3.05, 3.63) is 53.1 Å². The van der Waals surface area contributed by atoms with Crippen LogP contribution in [0.3, 0.4) is 0 Å². The van der Waals surface area contributed by atoms with Gasteiger partial charge < -0.3 is 9.84 Å². The Morgan fingerprint density at radius 2 is 2.00 bits per heavy atom. The molecular weight excluding hydrogens is 474 g/mol. The largest absolute Gasteiger partial charge is 0.504 e. The van der Waals surface area contributed by atoms with Gasteiger partial charge in [-0.2, -0.15) is 5.10 Å². The maximum atomic E-state index is 12.4. The van der Waals surface area contributed by atoms with Crippen LogP contribution in [-0.4, -0.2) is 44.9 Å². The molecule has 1 aliphatic carbocycles. The number of aromatic nitrogens is 3. The summed E-state index contributed by atoms with van der Waals surface area (Å²) in [6, 6.07) is 12.9. The van der Waals surface area contributed by atoms with Gasteiger partial charge >= 0.3 is 0 Å². The summed E-state index contributed by atoms with van der Waals surface area (Å²) in [4.78, 5) is 12.4. The summed E-state index contributed by atoms with van der Waals surface area (Å²) >= 11 is 7.39. The van der Waals surface area contributed by atoms with Crippen molar-refractivity contribution in [3.8, 4) is 22.9 Å². The molecule has 0 radical (unpaired) electrons. The molecule has 0 unspecified atom stereocenters. The van der Waals surface area contributed by atoms with Gasteiger partial charge in [0.25, 0.3) is 5.91 Å². The van der Waals surface area contributed by atoms with Crippen LogP contribution in [0.25, 0.3) is 11.4 Å². The molecule has 1 saturated carbocycles. The highest BCUT2D eigenvalue weighted by atomic mass is 35.5. The molecule has 1 fully saturated rings. The van der Waals surface area contributed by atoms with Crippen LogP contribution in [0.15, 0.2) is 52.7 Å². The average Bonchev–Trinajstić information content (AvgIpc) is 3.29. The van der Waals surface area contributed by atoms with Crippen molar-refractivity contribution in [2.75, 3.05) is 12.9 Å². The van der Waals surface area contributed by atoms with E-state index >= 15 is 0 Å². The Morgan fingerprint density at radius 1 is 1.24 bits per heavy atom. The Hall–Kier alpha value is -3.04. The van der Waals surface area contributed by atoms with Crippen molar-refractivity contribution in [1.82, 2.24) is 20.2 Å². The lowest BCUT2D eigenvalue weighted by Crippen LogP contribution is -2.20. The first kappa shape index (κ1) is 24.1. The van der Waals surface area contributed by atoms with E-state index in [-0.39, 0.29) is 17.4 Å². The number of amides is 1. The summed E-state index contributed by atoms with van der Waals surface area (Å²) in [7, 11) is 1.47. The predicted octanol–water partition coefficient (Wildman–Crippen LogP) is 5.06. The highest BCUT2D eigenvalue weighted by molar-refractivity contribution is 7.99. The van der Waals surface area contributed by atoms with Gasteiger partial charge in [0.05, 0.1) is 19.1 Å². The Labute approximate surface area is 207 Å². The van der Waals surface area contributed by atoms with Gasteiger partial charge in [0.2, 0.25) is 0 Å². The summed E-state index contributed by atoms with van der Waals surface area (Å²) in [5.41, 5.74) is 3.88. The zero-order valence-electron chi connectivity index (χ0n) is 18.8. The molecule has 3 aromatic rings. The fourth-order valence-electron chi connectivity index (χ4n) is 3.98. The van der Waals surface area contributed by atoms with Gasteiger partial charge in [0, 0.05) is 22.2 Å². The fourth-order valence-corrected chi connectivity index (χ4v) is 4.91. The first-order valence-corrected chi connectivity index (χ1v) is 12.4. The first-order chi connectivity index (χ1) is 16.6. The number of phenolic OH excluding ortho intramolecular Hbond substituents is 1. The molecule has 1 amide bonds.